The maximum atomic E-state index is 5.38. The van der Waals surface area contributed by atoms with Gasteiger partial charge in [0.25, 0.3) is 0 Å². The van der Waals surface area contributed by atoms with Crippen molar-refractivity contribution in [2.24, 2.45) is 11.8 Å². The van der Waals surface area contributed by atoms with Gasteiger partial charge in [0.1, 0.15) is 0 Å². The van der Waals surface area contributed by atoms with E-state index < -0.39 is 0 Å². The summed E-state index contributed by atoms with van der Waals surface area (Å²) in [6, 6.07) is 1.55. The van der Waals surface area contributed by atoms with Crippen LogP contribution >= 0.6 is 0 Å². The molecule has 1 N–H and O–H groups in total. The fourth-order valence-electron chi connectivity index (χ4n) is 3.88. The highest BCUT2D eigenvalue weighted by Gasteiger charge is 2.38. The average Bonchev–Trinajstić information content (AvgIpc) is 2.40. The van der Waals surface area contributed by atoms with E-state index in [1.54, 1.807) is 14.2 Å². The Kier molecular flexibility index (Phi) is 8.03. The zero-order valence-corrected chi connectivity index (χ0v) is 14.2. The monoisotopic (exact) mass is 286 g/mol. The third-order valence-corrected chi connectivity index (χ3v) is 4.71. The highest BCUT2D eigenvalue weighted by Crippen LogP contribution is 2.33. The van der Waals surface area contributed by atoms with Crippen molar-refractivity contribution in [1.82, 2.24) is 10.2 Å². The smallest absolute Gasteiger partial charge is 0.0615 e. The Morgan fingerprint density at radius 3 is 2.45 bits per heavy atom. The first-order chi connectivity index (χ1) is 9.54. The van der Waals surface area contributed by atoms with Crippen LogP contribution in [0.3, 0.4) is 0 Å². The molecule has 1 fully saturated rings. The van der Waals surface area contributed by atoms with Crippen molar-refractivity contribution < 1.29 is 9.47 Å². The van der Waals surface area contributed by atoms with Crippen molar-refractivity contribution in [2.45, 2.75) is 51.7 Å². The van der Waals surface area contributed by atoms with Crippen molar-refractivity contribution in [3.63, 3.8) is 0 Å². The van der Waals surface area contributed by atoms with Crippen molar-refractivity contribution >= 4 is 0 Å². The van der Waals surface area contributed by atoms with E-state index in [-0.39, 0.29) is 0 Å². The van der Waals surface area contributed by atoms with Crippen molar-refractivity contribution in [1.29, 1.82) is 0 Å². The number of methoxy groups -OCH3 is 2. The van der Waals surface area contributed by atoms with Crippen LogP contribution in [0.5, 0.6) is 0 Å². The molecule has 0 bridgehead atoms. The van der Waals surface area contributed by atoms with E-state index >= 15 is 0 Å². The molecule has 4 nitrogen and oxygen atoms in total. The summed E-state index contributed by atoms with van der Waals surface area (Å²) in [6.07, 6.45) is 2.57. The molecule has 0 aromatic carbocycles. The summed E-state index contributed by atoms with van der Waals surface area (Å²) in [4.78, 5) is 2.59. The van der Waals surface area contributed by atoms with Crippen LogP contribution < -0.4 is 5.32 Å². The number of hydrogen-bond donors (Lipinski definition) is 1. The fourth-order valence-corrected chi connectivity index (χ4v) is 3.88. The lowest BCUT2D eigenvalue weighted by molar-refractivity contribution is -0.00414. The summed E-state index contributed by atoms with van der Waals surface area (Å²) >= 11 is 0. The molecular formula is C16H34N2O2. The molecule has 1 rings (SSSR count). The van der Waals surface area contributed by atoms with Gasteiger partial charge in [-0.2, -0.15) is 0 Å². The molecular weight excluding hydrogens is 252 g/mol. The van der Waals surface area contributed by atoms with E-state index in [1.807, 2.05) is 0 Å². The Hall–Kier alpha value is -0.160. The summed E-state index contributed by atoms with van der Waals surface area (Å²) in [6.45, 7) is 9.56. The number of rotatable bonds is 8. The lowest BCUT2D eigenvalue weighted by Crippen LogP contribution is -2.59. The Labute approximate surface area is 125 Å². The third kappa shape index (κ3) is 4.69. The molecule has 20 heavy (non-hydrogen) atoms. The summed E-state index contributed by atoms with van der Waals surface area (Å²) in [7, 11) is 5.66. The minimum atomic E-state index is 0.423. The molecule has 5 atom stereocenters. The predicted molar refractivity (Wildman–Crippen MR) is 84.1 cm³/mol. The van der Waals surface area contributed by atoms with Crippen LogP contribution in [0.4, 0.5) is 0 Å². The molecule has 0 spiro atoms. The first-order valence-corrected chi connectivity index (χ1v) is 7.96. The van der Waals surface area contributed by atoms with Crippen LogP contribution in [0, 0.1) is 11.8 Å². The van der Waals surface area contributed by atoms with Crippen LogP contribution in [-0.2, 0) is 9.47 Å². The van der Waals surface area contributed by atoms with Crippen LogP contribution in [0.25, 0.3) is 0 Å². The normalized spacial score (nSPS) is 32.5. The number of likely N-dealkylation sites (N-methyl/N-ethyl adjacent to an activating group) is 1. The van der Waals surface area contributed by atoms with Gasteiger partial charge in [0, 0.05) is 38.9 Å². The van der Waals surface area contributed by atoms with Crippen LogP contribution in [0.1, 0.15) is 33.6 Å². The molecule has 1 aliphatic carbocycles. The Balaban J connectivity index is 2.84. The van der Waals surface area contributed by atoms with Gasteiger partial charge in [-0.15, -0.1) is 0 Å². The maximum absolute atomic E-state index is 5.38. The second-order valence-corrected chi connectivity index (χ2v) is 6.47. The lowest BCUT2D eigenvalue weighted by Gasteiger charge is -2.48. The van der Waals surface area contributed by atoms with Crippen LogP contribution in [-0.4, -0.2) is 64.1 Å². The van der Waals surface area contributed by atoms with Gasteiger partial charge in [-0.25, -0.2) is 0 Å². The van der Waals surface area contributed by atoms with Gasteiger partial charge in [-0.3, -0.25) is 4.90 Å². The molecule has 0 radical (unpaired) electrons. The SMILES string of the molecule is CNC1CC(C)CC(C)C1N(CCOC)C(C)COC. The van der Waals surface area contributed by atoms with Crippen molar-refractivity contribution in [3.05, 3.63) is 0 Å². The summed E-state index contributed by atoms with van der Waals surface area (Å²) in [5.41, 5.74) is 0. The summed E-state index contributed by atoms with van der Waals surface area (Å²) in [5.74, 6) is 1.51. The molecule has 0 aromatic rings. The highest BCUT2D eigenvalue weighted by atomic mass is 16.5. The Morgan fingerprint density at radius 2 is 1.90 bits per heavy atom. The van der Waals surface area contributed by atoms with Crippen LogP contribution in [0.2, 0.25) is 0 Å². The van der Waals surface area contributed by atoms with Gasteiger partial charge in [0.2, 0.25) is 0 Å². The highest BCUT2D eigenvalue weighted by molar-refractivity contribution is 4.95. The van der Waals surface area contributed by atoms with Gasteiger partial charge >= 0.3 is 0 Å². The van der Waals surface area contributed by atoms with Gasteiger partial charge in [-0.05, 0) is 38.6 Å². The Bertz CT molecular complexity index is 263. The minimum absolute atomic E-state index is 0.423. The van der Waals surface area contributed by atoms with E-state index in [0.29, 0.717) is 24.0 Å². The number of nitrogens with one attached hydrogen (secondary N) is 1. The van der Waals surface area contributed by atoms with Gasteiger partial charge in [0.15, 0.2) is 0 Å². The zero-order chi connectivity index (χ0) is 15.1. The first-order valence-electron chi connectivity index (χ1n) is 7.96. The maximum Gasteiger partial charge on any atom is 0.0615 e. The summed E-state index contributed by atoms with van der Waals surface area (Å²) in [5, 5.41) is 3.55. The Morgan fingerprint density at radius 1 is 1.20 bits per heavy atom. The van der Waals surface area contributed by atoms with Crippen molar-refractivity contribution in [2.75, 3.05) is 41.0 Å². The molecule has 5 unspecified atom stereocenters. The largest absolute Gasteiger partial charge is 0.383 e. The standard InChI is InChI=1S/C16H34N2O2/c1-12-9-13(2)16(15(10-12)17-4)18(7-8-19-5)14(3)11-20-6/h12-17H,7-11H2,1-6H3. The molecule has 1 aliphatic rings. The van der Waals surface area contributed by atoms with Gasteiger partial charge in [-0.1, -0.05) is 13.8 Å². The molecule has 0 saturated heterocycles. The van der Waals surface area contributed by atoms with Crippen molar-refractivity contribution in [3.8, 4) is 0 Å². The molecule has 1 saturated carbocycles. The number of ether oxygens (including phenoxy) is 2. The molecule has 0 heterocycles. The average molecular weight is 286 g/mol. The van der Waals surface area contributed by atoms with E-state index in [0.717, 1.165) is 25.7 Å². The van der Waals surface area contributed by atoms with Gasteiger partial charge < -0.3 is 14.8 Å². The third-order valence-electron chi connectivity index (χ3n) is 4.71. The van der Waals surface area contributed by atoms with Gasteiger partial charge in [0.05, 0.1) is 13.2 Å². The second-order valence-electron chi connectivity index (χ2n) is 6.47. The summed E-state index contributed by atoms with van der Waals surface area (Å²) < 4.78 is 10.7. The molecule has 120 valence electrons. The zero-order valence-electron chi connectivity index (χ0n) is 14.2. The number of hydrogen-bond acceptors (Lipinski definition) is 4. The first kappa shape index (κ1) is 17.9. The molecule has 0 aliphatic heterocycles. The predicted octanol–water partition coefficient (Wildman–Crippen LogP) is 1.99. The van der Waals surface area contributed by atoms with Crippen LogP contribution in [0.15, 0.2) is 0 Å². The van der Waals surface area contributed by atoms with E-state index in [4.69, 9.17) is 9.47 Å². The molecule has 0 aromatic heterocycles. The lowest BCUT2D eigenvalue weighted by atomic mass is 9.75. The number of nitrogens with zero attached hydrogens (tertiary/aromatic N) is 1. The fraction of sp³-hybridized carbons (Fsp3) is 1.00. The molecule has 4 heteroatoms. The second kappa shape index (κ2) is 8.98. The topological polar surface area (TPSA) is 33.7 Å². The minimum Gasteiger partial charge on any atom is -0.383 e. The van der Waals surface area contributed by atoms with E-state index in [2.05, 4.69) is 38.0 Å². The molecule has 0 amide bonds. The quantitative estimate of drug-likeness (QED) is 0.740. The van der Waals surface area contributed by atoms with E-state index in [9.17, 15) is 0 Å². The van der Waals surface area contributed by atoms with E-state index in [1.165, 1.54) is 12.8 Å².